The van der Waals surface area contributed by atoms with Gasteiger partial charge >= 0.3 is 0 Å². The van der Waals surface area contributed by atoms with Gasteiger partial charge < -0.3 is 10.2 Å². The summed E-state index contributed by atoms with van der Waals surface area (Å²) < 4.78 is -1.88. The fourth-order valence-electron chi connectivity index (χ4n) is 3.26. The Hall–Kier alpha value is 0.300. The summed E-state index contributed by atoms with van der Waals surface area (Å²) in [5.41, 5.74) is 0.163. The first kappa shape index (κ1) is 18.1. The Kier molecular flexibility index (Phi) is 3.71. The first-order chi connectivity index (χ1) is 10.2. The summed E-state index contributed by atoms with van der Waals surface area (Å²) in [7, 11) is 0. The Balaban J connectivity index is 2.51. The summed E-state index contributed by atoms with van der Waals surface area (Å²) in [5, 5.41) is 21.2. The fourth-order valence-corrected chi connectivity index (χ4v) is 5.96. The van der Waals surface area contributed by atoms with E-state index < -0.39 is 19.5 Å². The van der Waals surface area contributed by atoms with Crippen molar-refractivity contribution < 1.29 is 10.2 Å². The first-order valence-corrected chi connectivity index (χ1v) is 8.93. The van der Waals surface area contributed by atoms with Gasteiger partial charge in [-0.3, -0.25) is 0 Å². The number of phenols is 2. The lowest BCUT2D eigenvalue weighted by Crippen LogP contribution is -2.39. The summed E-state index contributed by atoms with van der Waals surface area (Å²) >= 11 is 38.6. The van der Waals surface area contributed by atoms with Gasteiger partial charge in [0.2, 0.25) is 0 Å². The highest BCUT2D eigenvalue weighted by molar-refractivity contribution is 6.65. The van der Waals surface area contributed by atoms with Gasteiger partial charge in [-0.15, -0.1) is 23.2 Å². The third-order valence-electron chi connectivity index (χ3n) is 4.44. The number of phenolic OH excluding ortho intramolecular Hbond substituents is 2. The first-order valence-electron chi connectivity index (χ1n) is 6.66. The summed E-state index contributed by atoms with van der Waals surface area (Å²) in [6.45, 7) is 5.62. The molecule has 0 aliphatic heterocycles. The van der Waals surface area contributed by atoms with Gasteiger partial charge in [0.1, 0.15) is 21.2 Å². The van der Waals surface area contributed by atoms with E-state index in [0.717, 1.165) is 0 Å². The molecule has 1 aromatic carbocycles. The molecule has 0 saturated carbocycles. The Morgan fingerprint density at radius 1 is 0.870 bits per heavy atom. The highest BCUT2D eigenvalue weighted by Gasteiger charge is 2.79. The molecule has 0 saturated heterocycles. The molecule has 8 heteroatoms. The molecule has 2 bridgehead atoms. The third-order valence-corrected chi connectivity index (χ3v) is 8.52. The summed E-state index contributed by atoms with van der Waals surface area (Å²) in [6, 6.07) is 1.42. The van der Waals surface area contributed by atoms with Gasteiger partial charge in [-0.1, -0.05) is 67.2 Å². The average molecular weight is 437 g/mol. The summed E-state index contributed by atoms with van der Waals surface area (Å²) in [5.74, 6) is -0.357. The normalized spacial score (nSPS) is 31.7. The lowest BCUT2D eigenvalue weighted by molar-refractivity contribution is 0.424. The lowest BCUT2D eigenvalue weighted by atomic mass is 9.81. The van der Waals surface area contributed by atoms with E-state index in [9.17, 15) is 10.2 Å². The number of rotatable bonds is 0. The van der Waals surface area contributed by atoms with Crippen molar-refractivity contribution >= 4 is 69.6 Å². The van der Waals surface area contributed by atoms with Crippen LogP contribution in [-0.2, 0) is 15.2 Å². The van der Waals surface area contributed by atoms with Crippen LogP contribution in [0.2, 0.25) is 0 Å². The smallest absolute Gasteiger partial charge is 0.174 e. The number of hydrogen-bond acceptors (Lipinski definition) is 2. The molecule has 2 N–H and O–H groups in total. The second kappa shape index (κ2) is 4.72. The van der Waals surface area contributed by atoms with Crippen molar-refractivity contribution in [3.63, 3.8) is 0 Å². The lowest BCUT2D eigenvalue weighted by Gasteiger charge is -2.31. The van der Waals surface area contributed by atoms with Crippen molar-refractivity contribution in [2.45, 2.75) is 40.3 Å². The predicted molar refractivity (Wildman–Crippen MR) is 96.7 cm³/mol. The third kappa shape index (κ3) is 1.76. The Labute approximate surface area is 163 Å². The van der Waals surface area contributed by atoms with Crippen LogP contribution in [0, 0.1) is 0 Å². The van der Waals surface area contributed by atoms with Crippen LogP contribution in [0.25, 0.3) is 0 Å². The van der Waals surface area contributed by atoms with Crippen molar-refractivity contribution in [1.29, 1.82) is 0 Å². The molecule has 1 aromatic rings. The predicted octanol–water partition coefficient (Wildman–Crippen LogP) is 6.15. The SMILES string of the molecule is CC(C)(C)c1cc(O)c2c(c1O)C1(Cl)C(Cl)=C(Cl)C2(Cl)C1(Cl)Cl. The van der Waals surface area contributed by atoms with E-state index in [2.05, 4.69) is 0 Å². The van der Waals surface area contributed by atoms with Gasteiger partial charge in [0, 0.05) is 16.7 Å². The largest absolute Gasteiger partial charge is 0.508 e. The molecule has 0 heterocycles. The van der Waals surface area contributed by atoms with Crippen molar-refractivity contribution in [2.24, 2.45) is 0 Å². The minimum Gasteiger partial charge on any atom is -0.508 e. The maximum absolute atomic E-state index is 10.8. The zero-order chi connectivity index (χ0) is 17.7. The van der Waals surface area contributed by atoms with Crippen molar-refractivity contribution in [3.8, 4) is 11.5 Å². The van der Waals surface area contributed by atoms with Crippen LogP contribution < -0.4 is 0 Å². The quantitative estimate of drug-likeness (QED) is 0.378. The monoisotopic (exact) mass is 434 g/mol. The van der Waals surface area contributed by atoms with Crippen LogP contribution in [-0.4, -0.2) is 14.5 Å². The zero-order valence-corrected chi connectivity index (χ0v) is 16.8. The van der Waals surface area contributed by atoms with E-state index in [4.69, 9.17) is 69.6 Å². The maximum atomic E-state index is 10.8. The molecule has 0 fully saturated rings. The number of aromatic hydroxyl groups is 2. The van der Waals surface area contributed by atoms with Crippen molar-refractivity contribution in [3.05, 3.63) is 32.8 Å². The number of halogens is 6. The molecule has 2 aliphatic carbocycles. The van der Waals surface area contributed by atoms with E-state index >= 15 is 0 Å². The maximum Gasteiger partial charge on any atom is 0.174 e. The van der Waals surface area contributed by atoms with Crippen LogP contribution in [0.5, 0.6) is 11.5 Å². The molecule has 0 radical (unpaired) electrons. The van der Waals surface area contributed by atoms with Crippen LogP contribution >= 0.6 is 69.6 Å². The Morgan fingerprint density at radius 3 is 1.74 bits per heavy atom. The molecular weight excluding hydrogens is 425 g/mol. The molecule has 0 amide bonds. The minimum atomic E-state index is -1.88. The van der Waals surface area contributed by atoms with Crippen molar-refractivity contribution in [1.82, 2.24) is 0 Å². The molecule has 3 rings (SSSR count). The number of alkyl halides is 4. The Morgan fingerprint density at radius 2 is 1.30 bits per heavy atom. The number of allylic oxidation sites excluding steroid dienone is 2. The number of hydrogen-bond donors (Lipinski definition) is 2. The van der Waals surface area contributed by atoms with Gasteiger partial charge in [-0.25, -0.2) is 0 Å². The van der Waals surface area contributed by atoms with Crippen LogP contribution in [0.3, 0.4) is 0 Å². The average Bonchev–Trinajstić information content (AvgIpc) is 2.62. The van der Waals surface area contributed by atoms with E-state index in [1.165, 1.54) is 6.07 Å². The van der Waals surface area contributed by atoms with Crippen LogP contribution in [0.4, 0.5) is 0 Å². The molecule has 126 valence electrons. The van der Waals surface area contributed by atoms with Gasteiger partial charge in [0.15, 0.2) is 4.33 Å². The second-order valence-electron chi connectivity index (χ2n) is 6.81. The zero-order valence-electron chi connectivity index (χ0n) is 12.2. The van der Waals surface area contributed by atoms with Gasteiger partial charge in [-0.2, -0.15) is 0 Å². The molecule has 23 heavy (non-hydrogen) atoms. The van der Waals surface area contributed by atoms with Crippen LogP contribution in [0.1, 0.15) is 37.5 Å². The van der Waals surface area contributed by atoms with E-state index in [-0.39, 0.29) is 32.7 Å². The molecule has 2 aliphatic rings. The van der Waals surface area contributed by atoms with Crippen molar-refractivity contribution in [2.75, 3.05) is 0 Å². The van der Waals surface area contributed by atoms with Gasteiger partial charge in [-0.05, 0) is 11.5 Å². The molecule has 2 unspecified atom stereocenters. The number of benzene rings is 1. The van der Waals surface area contributed by atoms with E-state index in [1.807, 2.05) is 20.8 Å². The van der Waals surface area contributed by atoms with Crippen LogP contribution in [0.15, 0.2) is 16.1 Å². The topological polar surface area (TPSA) is 40.5 Å². The molecule has 2 atom stereocenters. The molecular formula is C15H12Cl6O2. The second-order valence-corrected chi connectivity index (χ2v) is 10.0. The highest BCUT2D eigenvalue weighted by Crippen LogP contribution is 2.80. The van der Waals surface area contributed by atoms with Gasteiger partial charge in [0.25, 0.3) is 0 Å². The standard InChI is InChI=1S/C15H12Cl6O2/c1-12(2,3)5-4-6(22)7-8(9(5)23)14(19)11(17)10(16)13(7,18)15(14,20)21/h4,22-23H,1-3H3. The minimum absolute atomic E-state index is 0.0610. The fraction of sp³-hybridized carbons (Fsp3) is 0.467. The highest BCUT2D eigenvalue weighted by atomic mass is 35.5. The van der Waals surface area contributed by atoms with E-state index in [1.54, 1.807) is 0 Å². The molecule has 0 aromatic heterocycles. The Bertz CT molecular complexity index is 779. The summed E-state index contributed by atoms with van der Waals surface area (Å²) in [6.07, 6.45) is 0. The molecule has 0 spiro atoms. The van der Waals surface area contributed by atoms with Gasteiger partial charge in [0.05, 0.1) is 10.1 Å². The number of fused-ring (bicyclic) bond motifs is 5. The summed E-state index contributed by atoms with van der Waals surface area (Å²) in [4.78, 5) is -3.50. The van der Waals surface area contributed by atoms with E-state index in [0.29, 0.717) is 5.56 Å². The molecule has 2 nitrogen and oxygen atoms in total.